The van der Waals surface area contributed by atoms with Crippen molar-refractivity contribution in [1.82, 2.24) is 10.2 Å². The van der Waals surface area contributed by atoms with E-state index < -0.39 is 9.84 Å². The van der Waals surface area contributed by atoms with Crippen molar-refractivity contribution in [2.45, 2.75) is 17.5 Å². The molecule has 8 heteroatoms. The molecule has 1 aliphatic rings. The maximum atomic E-state index is 12.4. The molecule has 162 valence electrons. The predicted molar refractivity (Wildman–Crippen MR) is 114 cm³/mol. The minimum Gasteiger partial charge on any atom is -0.384 e. The van der Waals surface area contributed by atoms with Crippen LogP contribution >= 0.6 is 0 Å². The summed E-state index contributed by atoms with van der Waals surface area (Å²) in [7, 11) is -1.95. The van der Waals surface area contributed by atoms with Crippen LogP contribution in [0, 0.1) is 0 Å². The van der Waals surface area contributed by atoms with Crippen LogP contribution in [-0.4, -0.2) is 71.0 Å². The topological polar surface area (TPSA) is 84.9 Å². The number of carbonyl (C=O) groups excluding carboxylic acids is 1. The number of hydrogen-bond acceptors (Lipinski definition) is 6. The van der Waals surface area contributed by atoms with Crippen LogP contribution in [0.15, 0.2) is 59.5 Å². The fourth-order valence-corrected chi connectivity index (χ4v) is 4.49. The second-order valence-corrected chi connectivity index (χ2v) is 9.37. The Morgan fingerprint density at radius 2 is 1.90 bits per heavy atom. The highest BCUT2D eigenvalue weighted by Gasteiger charge is 2.21. The molecular weight excluding hydrogens is 404 g/mol. The van der Waals surface area contributed by atoms with Gasteiger partial charge in [0, 0.05) is 38.9 Å². The number of nitrogens with zero attached hydrogens (tertiary/aromatic N) is 1. The minimum absolute atomic E-state index is 0.0832. The van der Waals surface area contributed by atoms with Crippen molar-refractivity contribution in [3.05, 3.63) is 65.7 Å². The van der Waals surface area contributed by atoms with Crippen molar-refractivity contribution in [3.8, 4) is 0 Å². The van der Waals surface area contributed by atoms with E-state index >= 15 is 0 Å². The lowest BCUT2D eigenvalue weighted by Crippen LogP contribution is -2.47. The van der Waals surface area contributed by atoms with Crippen LogP contribution in [0.1, 0.15) is 15.9 Å². The Hall–Kier alpha value is -2.26. The average Bonchev–Trinajstić information content (AvgIpc) is 2.77. The molecule has 0 aliphatic carbocycles. The molecule has 0 spiro atoms. The third-order valence-electron chi connectivity index (χ3n) is 4.99. The SMILES string of the molecule is COCCS(=O)(=O)c1ccc(C(=O)NCC2CN(Cc3ccccc3)CCO2)cc1. The van der Waals surface area contributed by atoms with Gasteiger partial charge in [-0.3, -0.25) is 9.69 Å². The third kappa shape index (κ3) is 6.37. The molecule has 1 heterocycles. The first-order valence-corrected chi connectivity index (χ1v) is 11.6. The smallest absolute Gasteiger partial charge is 0.251 e. The first-order chi connectivity index (χ1) is 14.5. The van der Waals surface area contributed by atoms with Crippen molar-refractivity contribution in [3.63, 3.8) is 0 Å². The van der Waals surface area contributed by atoms with E-state index in [1.807, 2.05) is 18.2 Å². The highest BCUT2D eigenvalue weighted by Crippen LogP contribution is 2.13. The number of nitrogens with one attached hydrogen (secondary N) is 1. The Balaban J connectivity index is 1.50. The maximum Gasteiger partial charge on any atom is 0.251 e. The summed E-state index contributed by atoms with van der Waals surface area (Å²) in [5.74, 6) is -0.340. The molecule has 1 fully saturated rings. The zero-order chi connectivity index (χ0) is 21.4. The van der Waals surface area contributed by atoms with Crippen LogP contribution in [0.25, 0.3) is 0 Å². The molecule has 1 unspecified atom stereocenters. The van der Waals surface area contributed by atoms with Gasteiger partial charge < -0.3 is 14.8 Å². The summed E-state index contributed by atoms with van der Waals surface area (Å²) in [6.45, 7) is 3.62. The molecule has 0 radical (unpaired) electrons. The van der Waals surface area contributed by atoms with Gasteiger partial charge in [0.05, 0.1) is 30.0 Å². The van der Waals surface area contributed by atoms with Gasteiger partial charge in [0.1, 0.15) is 0 Å². The lowest BCUT2D eigenvalue weighted by atomic mass is 10.2. The molecule has 1 saturated heterocycles. The molecule has 1 amide bonds. The number of sulfone groups is 1. The molecule has 1 atom stereocenters. The van der Waals surface area contributed by atoms with Gasteiger partial charge in [0.2, 0.25) is 0 Å². The Labute approximate surface area is 177 Å². The number of rotatable bonds is 9. The fraction of sp³-hybridized carbons (Fsp3) is 0.409. The van der Waals surface area contributed by atoms with Gasteiger partial charge in [-0.25, -0.2) is 8.42 Å². The van der Waals surface area contributed by atoms with Gasteiger partial charge in [0.25, 0.3) is 5.91 Å². The summed E-state index contributed by atoms with van der Waals surface area (Å²) in [5, 5.41) is 2.89. The van der Waals surface area contributed by atoms with Crippen molar-refractivity contribution in [2.24, 2.45) is 0 Å². The number of amides is 1. The van der Waals surface area contributed by atoms with E-state index in [0.717, 1.165) is 19.6 Å². The van der Waals surface area contributed by atoms with Crippen LogP contribution in [0.5, 0.6) is 0 Å². The van der Waals surface area contributed by atoms with E-state index in [1.54, 1.807) is 0 Å². The van der Waals surface area contributed by atoms with E-state index in [4.69, 9.17) is 9.47 Å². The number of hydrogen-bond donors (Lipinski definition) is 1. The van der Waals surface area contributed by atoms with Crippen molar-refractivity contribution in [1.29, 1.82) is 0 Å². The Morgan fingerprint density at radius 3 is 2.60 bits per heavy atom. The average molecular weight is 433 g/mol. The number of carbonyl (C=O) groups is 1. The number of benzene rings is 2. The number of morpholine rings is 1. The summed E-state index contributed by atoms with van der Waals surface area (Å²) in [6.07, 6.45) is -0.0832. The van der Waals surface area contributed by atoms with Gasteiger partial charge in [0.15, 0.2) is 9.84 Å². The molecule has 7 nitrogen and oxygen atoms in total. The van der Waals surface area contributed by atoms with E-state index in [2.05, 4.69) is 22.3 Å². The molecule has 0 aromatic heterocycles. The first-order valence-electron chi connectivity index (χ1n) is 9.96. The highest BCUT2D eigenvalue weighted by molar-refractivity contribution is 7.91. The van der Waals surface area contributed by atoms with Crippen LogP contribution in [0.2, 0.25) is 0 Å². The molecule has 30 heavy (non-hydrogen) atoms. The van der Waals surface area contributed by atoms with Gasteiger partial charge >= 0.3 is 0 Å². The second kappa shape index (κ2) is 10.7. The zero-order valence-electron chi connectivity index (χ0n) is 17.1. The summed E-state index contributed by atoms with van der Waals surface area (Å²) >= 11 is 0. The van der Waals surface area contributed by atoms with Gasteiger partial charge in [-0.1, -0.05) is 30.3 Å². The summed E-state index contributed by atoms with van der Waals surface area (Å²) in [6, 6.07) is 16.2. The molecule has 1 aliphatic heterocycles. The first kappa shape index (κ1) is 22.4. The van der Waals surface area contributed by atoms with E-state index in [1.165, 1.54) is 36.9 Å². The molecular formula is C22H28N2O5S. The number of ether oxygens (including phenoxy) is 2. The predicted octanol–water partition coefficient (Wildman–Crippen LogP) is 1.74. The monoisotopic (exact) mass is 432 g/mol. The van der Waals surface area contributed by atoms with Crippen LogP contribution < -0.4 is 5.32 Å². The zero-order valence-corrected chi connectivity index (χ0v) is 17.9. The molecule has 2 aromatic carbocycles. The van der Waals surface area contributed by atoms with Crippen LogP contribution in [0.3, 0.4) is 0 Å². The van der Waals surface area contributed by atoms with Crippen molar-refractivity contribution < 1.29 is 22.7 Å². The van der Waals surface area contributed by atoms with Crippen molar-refractivity contribution in [2.75, 3.05) is 45.7 Å². The molecule has 1 N–H and O–H groups in total. The Morgan fingerprint density at radius 1 is 1.17 bits per heavy atom. The Kier molecular flexibility index (Phi) is 7.98. The fourth-order valence-electron chi connectivity index (χ4n) is 3.32. The molecule has 0 saturated carbocycles. The lowest BCUT2D eigenvalue weighted by Gasteiger charge is -2.33. The van der Waals surface area contributed by atoms with E-state index in [-0.39, 0.29) is 29.3 Å². The maximum absolute atomic E-state index is 12.4. The van der Waals surface area contributed by atoms with Gasteiger partial charge in [-0.05, 0) is 29.8 Å². The lowest BCUT2D eigenvalue weighted by molar-refractivity contribution is -0.0292. The third-order valence-corrected chi connectivity index (χ3v) is 6.69. The molecule has 3 rings (SSSR count). The standard InChI is InChI=1S/C22H28N2O5S/c1-28-13-14-30(26,27)21-9-7-19(8-10-21)22(25)23-15-20-17-24(11-12-29-20)16-18-5-3-2-4-6-18/h2-10,20H,11-17H2,1H3,(H,23,25). The Bertz CT molecular complexity index is 916. The van der Waals surface area contributed by atoms with Crippen LogP contribution in [0.4, 0.5) is 0 Å². The van der Waals surface area contributed by atoms with Gasteiger partial charge in [-0.15, -0.1) is 0 Å². The summed E-state index contributed by atoms with van der Waals surface area (Å²) in [4.78, 5) is 14.9. The highest BCUT2D eigenvalue weighted by atomic mass is 32.2. The summed E-state index contributed by atoms with van der Waals surface area (Å²) in [5.41, 5.74) is 1.67. The molecule has 2 aromatic rings. The molecule has 0 bridgehead atoms. The number of methoxy groups -OCH3 is 1. The van der Waals surface area contributed by atoms with E-state index in [9.17, 15) is 13.2 Å². The van der Waals surface area contributed by atoms with Gasteiger partial charge in [-0.2, -0.15) is 0 Å². The van der Waals surface area contributed by atoms with Crippen LogP contribution in [-0.2, 0) is 25.9 Å². The van der Waals surface area contributed by atoms with E-state index in [0.29, 0.717) is 18.7 Å². The largest absolute Gasteiger partial charge is 0.384 e. The minimum atomic E-state index is -3.41. The second-order valence-electron chi connectivity index (χ2n) is 7.26. The summed E-state index contributed by atoms with van der Waals surface area (Å²) < 4.78 is 34.9. The van der Waals surface area contributed by atoms with Crippen molar-refractivity contribution >= 4 is 15.7 Å². The quantitative estimate of drug-likeness (QED) is 0.650. The normalized spacial score (nSPS) is 17.6.